The van der Waals surface area contributed by atoms with Gasteiger partial charge in [0.25, 0.3) is 0 Å². The van der Waals surface area contributed by atoms with E-state index >= 15 is 0 Å². The normalized spacial score (nSPS) is 10.5. The van der Waals surface area contributed by atoms with Crippen LogP contribution in [0.5, 0.6) is 11.5 Å². The Morgan fingerprint density at radius 3 is 2.65 bits per heavy atom. The van der Waals surface area contributed by atoms with Crippen LogP contribution in [0.3, 0.4) is 0 Å². The second-order valence-electron chi connectivity index (χ2n) is 4.89. The largest absolute Gasteiger partial charge is 0.490 e. The second-order valence-corrected chi connectivity index (χ2v) is 4.89. The van der Waals surface area contributed by atoms with Crippen LogP contribution in [0.25, 0.3) is 12.2 Å². The number of nitro groups is 1. The van der Waals surface area contributed by atoms with Gasteiger partial charge < -0.3 is 14.5 Å². The lowest BCUT2D eigenvalue weighted by molar-refractivity contribution is -0.386. The van der Waals surface area contributed by atoms with Crippen molar-refractivity contribution in [3.63, 3.8) is 0 Å². The van der Waals surface area contributed by atoms with Gasteiger partial charge in [0, 0.05) is 0 Å². The number of aromatic nitrogens is 2. The molecule has 0 radical (unpaired) electrons. The Bertz CT molecular complexity index is 997. The molecular weight excluding hydrogens is 342 g/mol. The maximum absolute atomic E-state index is 11.6. The lowest BCUT2D eigenvalue weighted by atomic mass is 10.1. The Hall–Kier alpha value is -3.80. The Morgan fingerprint density at radius 2 is 2.00 bits per heavy atom. The third kappa shape index (κ3) is 4.39. The number of hydrogen-bond acceptors (Lipinski definition) is 6. The van der Waals surface area contributed by atoms with Gasteiger partial charge in [-0.15, -0.1) is 6.42 Å². The molecule has 134 valence electrons. The number of hydrogen-bond donors (Lipinski definition) is 2. The van der Waals surface area contributed by atoms with Crippen molar-refractivity contribution in [2.45, 2.75) is 6.92 Å². The van der Waals surface area contributed by atoms with Gasteiger partial charge in [-0.25, -0.2) is 4.79 Å². The van der Waals surface area contributed by atoms with Crippen LogP contribution in [0.15, 0.2) is 27.8 Å². The third-order valence-electron chi connectivity index (χ3n) is 3.15. The van der Waals surface area contributed by atoms with Gasteiger partial charge in [0.2, 0.25) is 0 Å². The summed E-state index contributed by atoms with van der Waals surface area (Å²) >= 11 is 0. The minimum atomic E-state index is -1.08. The molecule has 26 heavy (non-hydrogen) atoms. The van der Waals surface area contributed by atoms with Crippen LogP contribution in [0.2, 0.25) is 0 Å². The van der Waals surface area contributed by atoms with Gasteiger partial charge in [-0.3, -0.25) is 19.9 Å². The van der Waals surface area contributed by atoms with E-state index in [2.05, 4.69) is 10.9 Å². The number of nitrogens with one attached hydrogen (secondary N) is 2. The Balaban J connectivity index is 2.41. The summed E-state index contributed by atoms with van der Waals surface area (Å²) < 4.78 is 10.8. The first kappa shape index (κ1) is 18.5. The maximum atomic E-state index is 11.6. The number of rotatable bonds is 7. The SMILES string of the molecule is C#CCOc1ccc(/C=C/c2[nH]c(=O)[nH]c(=O)c2[N+](=O)[O-])cc1OCC. The molecule has 1 aromatic heterocycles. The molecule has 0 amide bonds. The zero-order valence-electron chi connectivity index (χ0n) is 13.8. The van der Waals surface area contributed by atoms with E-state index in [1.54, 1.807) is 25.1 Å². The van der Waals surface area contributed by atoms with Crippen molar-refractivity contribution < 1.29 is 14.4 Å². The van der Waals surface area contributed by atoms with Crippen LogP contribution in [0, 0.1) is 22.5 Å². The smallest absolute Gasteiger partial charge is 0.357 e. The maximum Gasteiger partial charge on any atom is 0.357 e. The molecule has 1 heterocycles. The zero-order valence-corrected chi connectivity index (χ0v) is 13.8. The zero-order chi connectivity index (χ0) is 19.1. The Labute approximate surface area is 147 Å². The van der Waals surface area contributed by atoms with Crippen molar-refractivity contribution in [3.05, 3.63) is 60.4 Å². The van der Waals surface area contributed by atoms with Gasteiger partial charge >= 0.3 is 16.9 Å². The lowest BCUT2D eigenvalue weighted by Gasteiger charge is -2.10. The highest BCUT2D eigenvalue weighted by Gasteiger charge is 2.18. The molecule has 1 aromatic carbocycles. The average molecular weight is 357 g/mol. The quantitative estimate of drug-likeness (QED) is 0.440. The van der Waals surface area contributed by atoms with Crippen LogP contribution in [-0.2, 0) is 0 Å². The van der Waals surface area contributed by atoms with Crippen molar-refractivity contribution in [2.75, 3.05) is 13.2 Å². The molecule has 9 nitrogen and oxygen atoms in total. The van der Waals surface area contributed by atoms with E-state index in [1.807, 2.05) is 4.98 Å². The summed E-state index contributed by atoms with van der Waals surface area (Å²) in [5.74, 6) is 3.25. The predicted octanol–water partition coefficient (Wildman–Crippen LogP) is 1.55. The van der Waals surface area contributed by atoms with Gasteiger partial charge in [-0.2, -0.15) is 0 Å². The van der Waals surface area contributed by atoms with Crippen molar-refractivity contribution in [1.29, 1.82) is 0 Å². The minimum Gasteiger partial charge on any atom is -0.490 e. The first-order valence-electron chi connectivity index (χ1n) is 7.48. The van der Waals surface area contributed by atoms with Gasteiger partial charge in [-0.05, 0) is 30.7 Å². The van der Waals surface area contributed by atoms with Crippen LogP contribution in [-0.4, -0.2) is 28.1 Å². The van der Waals surface area contributed by atoms with Crippen molar-refractivity contribution >= 4 is 17.8 Å². The monoisotopic (exact) mass is 357 g/mol. The van der Waals surface area contributed by atoms with Gasteiger partial charge in [-0.1, -0.05) is 18.1 Å². The van der Waals surface area contributed by atoms with Crippen molar-refractivity contribution in [2.24, 2.45) is 0 Å². The molecule has 0 saturated carbocycles. The van der Waals surface area contributed by atoms with Crippen LogP contribution in [0.4, 0.5) is 5.69 Å². The molecule has 0 aliphatic carbocycles. The molecule has 0 unspecified atom stereocenters. The number of H-pyrrole nitrogens is 2. The number of terminal acetylenes is 1. The number of benzene rings is 1. The highest BCUT2D eigenvalue weighted by atomic mass is 16.6. The Morgan fingerprint density at radius 1 is 1.23 bits per heavy atom. The topological polar surface area (TPSA) is 127 Å². The number of aromatic amines is 2. The number of nitrogens with zero attached hydrogens (tertiary/aromatic N) is 1. The average Bonchev–Trinajstić information content (AvgIpc) is 2.58. The molecule has 0 fully saturated rings. The summed E-state index contributed by atoms with van der Waals surface area (Å²) in [6.45, 7) is 2.28. The van der Waals surface area contributed by atoms with E-state index < -0.39 is 21.9 Å². The van der Waals surface area contributed by atoms with Gasteiger partial charge in [0.15, 0.2) is 11.5 Å². The first-order valence-corrected chi connectivity index (χ1v) is 7.48. The highest BCUT2D eigenvalue weighted by molar-refractivity contribution is 5.72. The van der Waals surface area contributed by atoms with Crippen molar-refractivity contribution in [1.82, 2.24) is 9.97 Å². The summed E-state index contributed by atoms with van der Waals surface area (Å²) in [6, 6.07) is 4.95. The molecule has 2 aromatic rings. The number of ether oxygens (including phenoxy) is 2. The van der Waals surface area contributed by atoms with Gasteiger partial charge in [0.05, 0.1) is 11.5 Å². The molecule has 0 bridgehead atoms. The molecule has 2 rings (SSSR count). The fourth-order valence-corrected chi connectivity index (χ4v) is 2.11. The standard InChI is InChI=1S/C17H15N3O6/c1-3-9-26-13-8-6-11(10-14(13)25-4-2)5-7-12-15(20(23)24)16(21)19-17(22)18-12/h1,5-8,10H,4,9H2,2H3,(H2,18,19,21,22)/b7-5+. The molecule has 0 aliphatic rings. The predicted molar refractivity (Wildman–Crippen MR) is 95.2 cm³/mol. The van der Waals surface area contributed by atoms with E-state index in [0.717, 1.165) is 0 Å². The summed E-state index contributed by atoms with van der Waals surface area (Å²) in [7, 11) is 0. The molecular formula is C17H15N3O6. The molecule has 0 aliphatic heterocycles. The third-order valence-corrected chi connectivity index (χ3v) is 3.15. The first-order chi connectivity index (χ1) is 12.5. The van der Waals surface area contributed by atoms with Crippen LogP contribution >= 0.6 is 0 Å². The van der Waals surface area contributed by atoms with E-state index in [0.29, 0.717) is 23.7 Å². The summed E-state index contributed by atoms with van der Waals surface area (Å²) in [6.07, 6.45) is 7.92. The van der Waals surface area contributed by atoms with E-state index in [-0.39, 0.29) is 12.3 Å². The lowest BCUT2D eigenvalue weighted by Crippen LogP contribution is -2.25. The van der Waals surface area contributed by atoms with E-state index in [1.165, 1.54) is 12.2 Å². The molecule has 0 spiro atoms. The summed E-state index contributed by atoms with van der Waals surface area (Å²) in [5, 5.41) is 11.0. The Kier molecular flexibility index (Phi) is 5.95. The van der Waals surface area contributed by atoms with E-state index in [4.69, 9.17) is 15.9 Å². The molecule has 9 heteroatoms. The fourth-order valence-electron chi connectivity index (χ4n) is 2.11. The van der Waals surface area contributed by atoms with Crippen LogP contribution in [0.1, 0.15) is 18.2 Å². The summed E-state index contributed by atoms with van der Waals surface area (Å²) in [4.78, 5) is 37.2. The fraction of sp³-hybridized carbons (Fsp3) is 0.176. The minimum absolute atomic E-state index is 0.0789. The summed E-state index contributed by atoms with van der Waals surface area (Å²) in [5.41, 5.74) is -2.27. The molecule has 0 saturated heterocycles. The van der Waals surface area contributed by atoms with Gasteiger partial charge in [0.1, 0.15) is 12.3 Å². The van der Waals surface area contributed by atoms with Crippen molar-refractivity contribution in [3.8, 4) is 23.8 Å². The van der Waals surface area contributed by atoms with E-state index in [9.17, 15) is 19.7 Å². The van der Waals surface area contributed by atoms with Crippen LogP contribution < -0.4 is 20.7 Å². The molecule has 0 atom stereocenters. The highest BCUT2D eigenvalue weighted by Crippen LogP contribution is 2.29. The molecule has 2 N–H and O–H groups in total. The second kappa shape index (κ2) is 8.34.